The number of hydrogen-bond donors (Lipinski definition) is 2. The van der Waals surface area contributed by atoms with Gasteiger partial charge in [-0.2, -0.15) is 5.01 Å². The van der Waals surface area contributed by atoms with Gasteiger partial charge in [0.05, 0.1) is 35.0 Å². The Morgan fingerprint density at radius 1 is 1.14 bits per heavy atom. The minimum absolute atomic E-state index is 0.187. The Labute approximate surface area is 209 Å². The molecule has 4 rings (SSSR count). The van der Waals surface area contributed by atoms with Crippen molar-refractivity contribution in [2.45, 2.75) is 31.0 Å². The van der Waals surface area contributed by atoms with Crippen molar-refractivity contribution in [1.29, 1.82) is 0 Å². The van der Waals surface area contributed by atoms with Crippen LogP contribution in [0, 0.1) is 0 Å². The standard InChI is InChI=1S/C24H23N5O6S/c1-4-24(2)21(33)29(22(34)26-24)27-18(30)13-36-23-25-17-12-14(20(32)35-3)10-11-16(17)19(31)28(23)15-8-6-5-7-9-15/h5-12H,4,13H2,1-3H3,(H,26,34)(H,27,30). The Hall–Kier alpha value is -4.19. The molecule has 1 aliphatic rings. The number of ether oxygens (including phenoxy) is 1. The number of benzene rings is 2. The van der Waals surface area contributed by atoms with Gasteiger partial charge in [0.25, 0.3) is 11.5 Å². The van der Waals surface area contributed by atoms with E-state index in [1.165, 1.54) is 29.9 Å². The molecule has 1 saturated heterocycles. The molecule has 1 atom stereocenters. The van der Waals surface area contributed by atoms with Crippen LogP contribution in [0.25, 0.3) is 16.6 Å². The third-order valence-electron chi connectivity index (χ3n) is 5.81. The summed E-state index contributed by atoms with van der Waals surface area (Å²) >= 11 is 0.944. The van der Waals surface area contributed by atoms with E-state index in [0.717, 1.165) is 11.8 Å². The molecule has 4 amide bonds. The molecule has 2 aromatic carbocycles. The fraction of sp³-hybridized carbons (Fsp3) is 0.250. The average molecular weight is 510 g/mol. The Bertz CT molecular complexity index is 1440. The summed E-state index contributed by atoms with van der Waals surface area (Å²) in [5.74, 6) is -2.02. The van der Waals surface area contributed by atoms with Crippen molar-refractivity contribution in [2.75, 3.05) is 12.9 Å². The molecule has 2 N–H and O–H groups in total. The van der Waals surface area contributed by atoms with Crippen molar-refractivity contribution < 1.29 is 23.9 Å². The van der Waals surface area contributed by atoms with Gasteiger partial charge < -0.3 is 10.1 Å². The molecule has 36 heavy (non-hydrogen) atoms. The lowest BCUT2D eigenvalue weighted by atomic mass is 10.00. The van der Waals surface area contributed by atoms with Crippen molar-refractivity contribution >= 4 is 46.5 Å². The molecule has 3 aromatic rings. The van der Waals surface area contributed by atoms with Gasteiger partial charge in [0.2, 0.25) is 5.91 Å². The van der Waals surface area contributed by atoms with E-state index in [1.807, 2.05) is 0 Å². The van der Waals surface area contributed by atoms with E-state index in [4.69, 9.17) is 4.74 Å². The van der Waals surface area contributed by atoms with E-state index in [-0.39, 0.29) is 27.4 Å². The number of aromatic nitrogens is 2. The highest BCUT2D eigenvalue weighted by Gasteiger charge is 2.47. The van der Waals surface area contributed by atoms with Gasteiger partial charge in [-0.3, -0.25) is 24.4 Å². The van der Waals surface area contributed by atoms with Gasteiger partial charge in [-0.15, -0.1) is 0 Å². The SMILES string of the molecule is CCC1(C)NC(=O)N(NC(=O)CSc2nc3cc(C(=O)OC)ccc3c(=O)n2-c2ccccc2)C1=O. The molecule has 0 spiro atoms. The van der Waals surface area contributed by atoms with E-state index in [1.54, 1.807) is 44.2 Å². The number of thioether (sulfide) groups is 1. The molecule has 11 nitrogen and oxygen atoms in total. The summed E-state index contributed by atoms with van der Waals surface area (Å²) in [4.78, 5) is 67.3. The molecule has 0 saturated carbocycles. The number of urea groups is 1. The maximum absolute atomic E-state index is 13.4. The number of methoxy groups -OCH3 is 1. The fourth-order valence-electron chi connectivity index (χ4n) is 3.62. The molecule has 186 valence electrons. The highest BCUT2D eigenvalue weighted by Crippen LogP contribution is 2.23. The smallest absolute Gasteiger partial charge is 0.344 e. The summed E-state index contributed by atoms with van der Waals surface area (Å²) in [6.45, 7) is 3.33. The lowest BCUT2D eigenvalue weighted by Crippen LogP contribution is -2.49. The summed E-state index contributed by atoms with van der Waals surface area (Å²) in [6, 6.07) is 12.5. The number of rotatable bonds is 7. The van der Waals surface area contributed by atoms with Crippen LogP contribution in [0.15, 0.2) is 58.5 Å². The van der Waals surface area contributed by atoms with Gasteiger partial charge in [-0.05, 0) is 43.7 Å². The number of carbonyl (C=O) groups is 4. The number of carbonyl (C=O) groups excluding carboxylic acids is 4. The van der Waals surface area contributed by atoms with Crippen LogP contribution in [0.4, 0.5) is 4.79 Å². The topological polar surface area (TPSA) is 140 Å². The Kier molecular flexibility index (Phi) is 6.80. The number of nitrogens with zero attached hydrogens (tertiary/aromatic N) is 3. The molecule has 2 heterocycles. The van der Waals surface area contributed by atoms with Crippen LogP contribution in [-0.2, 0) is 14.3 Å². The lowest BCUT2D eigenvalue weighted by Gasteiger charge is -2.19. The molecule has 1 aliphatic heterocycles. The van der Waals surface area contributed by atoms with E-state index >= 15 is 0 Å². The van der Waals surface area contributed by atoms with Gasteiger partial charge in [0.1, 0.15) is 5.54 Å². The van der Waals surface area contributed by atoms with Gasteiger partial charge in [-0.25, -0.2) is 14.6 Å². The predicted octanol–water partition coefficient (Wildman–Crippen LogP) is 2.02. The Morgan fingerprint density at radius 2 is 1.86 bits per heavy atom. The Balaban J connectivity index is 1.66. The first kappa shape index (κ1) is 24.9. The summed E-state index contributed by atoms with van der Waals surface area (Å²) < 4.78 is 6.11. The summed E-state index contributed by atoms with van der Waals surface area (Å²) in [5.41, 5.74) is 1.84. The van der Waals surface area contributed by atoms with Crippen molar-refractivity contribution in [1.82, 2.24) is 25.3 Å². The van der Waals surface area contributed by atoms with Crippen molar-refractivity contribution in [3.8, 4) is 5.69 Å². The van der Waals surface area contributed by atoms with Crippen molar-refractivity contribution in [2.24, 2.45) is 0 Å². The van der Waals surface area contributed by atoms with Crippen LogP contribution in [0.3, 0.4) is 0 Å². The highest BCUT2D eigenvalue weighted by molar-refractivity contribution is 7.99. The molecular formula is C24H23N5O6S. The van der Waals surface area contributed by atoms with Crippen molar-refractivity contribution in [3.05, 3.63) is 64.4 Å². The lowest BCUT2D eigenvalue weighted by molar-refractivity contribution is -0.137. The molecule has 12 heteroatoms. The Morgan fingerprint density at radius 3 is 2.50 bits per heavy atom. The summed E-state index contributed by atoms with van der Waals surface area (Å²) in [7, 11) is 1.25. The number of amides is 4. The van der Waals surface area contributed by atoms with Gasteiger partial charge in [-0.1, -0.05) is 36.9 Å². The number of esters is 1. The van der Waals surface area contributed by atoms with Crippen LogP contribution in [-0.4, -0.2) is 56.8 Å². The molecule has 1 unspecified atom stereocenters. The zero-order valence-corrected chi connectivity index (χ0v) is 20.5. The third-order valence-corrected chi connectivity index (χ3v) is 6.75. The molecule has 0 radical (unpaired) electrons. The summed E-state index contributed by atoms with van der Waals surface area (Å²) in [5, 5.41) is 3.68. The van der Waals surface area contributed by atoms with Crippen LogP contribution in [0.2, 0.25) is 0 Å². The number of imide groups is 1. The number of hydrogen-bond acceptors (Lipinski definition) is 8. The van der Waals surface area contributed by atoms with E-state index in [9.17, 15) is 24.0 Å². The molecular weight excluding hydrogens is 486 g/mol. The number of para-hydroxylation sites is 1. The van der Waals surface area contributed by atoms with Gasteiger partial charge in [0, 0.05) is 0 Å². The molecule has 1 aromatic heterocycles. The molecule has 0 aliphatic carbocycles. The second-order valence-corrected chi connectivity index (χ2v) is 9.12. The largest absolute Gasteiger partial charge is 0.465 e. The first-order valence-corrected chi connectivity index (χ1v) is 12.0. The third kappa shape index (κ3) is 4.54. The minimum Gasteiger partial charge on any atom is -0.465 e. The zero-order valence-electron chi connectivity index (χ0n) is 19.7. The average Bonchev–Trinajstić information content (AvgIpc) is 3.10. The maximum atomic E-state index is 13.4. The molecule has 1 fully saturated rings. The normalized spacial score (nSPS) is 17.2. The summed E-state index contributed by atoms with van der Waals surface area (Å²) in [6.07, 6.45) is 0.358. The van der Waals surface area contributed by atoms with Crippen LogP contribution < -0.4 is 16.3 Å². The van der Waals surface area contributed by atoms with Crippen molar-refractivity contribution in [3.63, 3.8) is 0 Å². The van der Waals surface area contributed by atoms with E-state index in [2.05, 4.69) is 15.7 Å². The van der Waals surface area contributed by atoms with Gasteiger partial charge >= 0.3 is 12.0 Å². The maximum Gasteiger partial charge on any atom is 0.344 e. The predicted molar refractivity (Wildman–Crippen MR) is 132 cm³/mol. The second kappa shape index (κ2) is 9.82. The first-order chi connectivity index (χ1) is 17.2. The van der Waals surface area contributed by atoms with E-state index in [0.29, 0.717) is 17.1 Å². The monoisotopic (exact) mass is 509 g/mol. The highest BCUT2D eigenvalue weighted by atomic mass is 32.2. The quantitative estimate of drug-likeness (QED) is 0.213. The van der Waals surface area contributed by atoms with Crippen LogP contribution in [0.1, 0.15) is 30.6 Å². The second-order valence-electron chi connectivity index (χ2n) is 8.17. The molecule has 0 bridgehead atoms. The number of fused-ring (bicyclic) bond motifs is 1. The fourth-order valence-corrected chi connectivity index (χ4v) is 4.43. The van der Waals surface area contributed by atoms with Crippen LogP contribution in [0.5, 0.6) is 0 Å². The first-order valence-electron chi connectivity index (χ1n) is 11.0. The van der Waals surface area contributed by atoms with Gasteiger partial charge in [0.15, 0.2) is 5.16 Å². The number of hydrazine groups is 1. The minimum atomic E-state index is -1.09. The van der Waals surface area contributed by atoms with E-state index < -0.39 is 34.9 Å². The van der Waals surface area contributed by atoms with Crippen LogP contribution >= 0.6 is 11.8 Å². The zero-order chi connectivity index (χ0) is 26.0. The number of nitrogens with one attached hydrogen (secondary N) is 2.